The van der Waals surface area contributed by atoms with Crippen molar-refractivity contribution in [2.24, 2.45) is 5.41 Å². The number of hydrogen-bond donors (Lipinski definition) is 2. The van der Waals surface area contributed by atoms with Crippen LogP contribution in [-0.2, 0) is 4.79 Å². The Hall–Kier alpha value is -1.49. The van der Waals surface area contributed by atoms with Gasteiger partial charge in [-0.2, -0.15) is 0 Å². The molecule has 1 atom stereocenters. The predicted molar refractivity (Wildman–Crippen MR) is 74.4 cm³/mol. The molecule has 0 spiro atoms. The molecule has 0 radical (unpaired) electrons. The predicted octanol–water partition coefficient (Wildman–Crippen LogP) is 3.07. The van der Waals surface area contributed by atoms with E-state index in [4.69, 9.17) is 0 Å². The van der Waals surface area contributed by atoms with Crippen LogP contribution < -0.4 is 10.6 Å². The molecule has 5 heteroatoms. The fraction of sp³-hybridized carbons (Fsp3) is 0.533. The number of carbonyl (C=O) groups is 1. The van der Waals surface area contributed by atoms with E-state index in [1.807, 2.05) is 0 Å². The summed E-state index contributed by atoms with van der Waals surface area (Å²) in [5.74, 6) is -1.96. The number of anilines is 1. The third kappa shape index (κ3) is 3.33. The number of rotatable bonds is 4. The van der Waals surface area contributed by atoms with Gasteiger partial charge < -0.3 is 10.6 Å². The lowest BCUT2D eigenvalue weighted by Crippen LogP contribution is -2.41. The molecule has 1 aromatic carbocycles. The van der Waals surface area contributed by atoms with Crippen LogP contribution in [0.1, 0.15) is 33.1 Å². The lowest BCUT2D eigenvalue weighted by Gasteiger charge is -2.27. The Balaban J connectivity index is 1.90. The van der Waals surface area contributed by atoms with Gasteiger partial charge in [-0.25, -0.2) is 8.78 Å². The molecule has 2 rings (SSSR count). The molecule has 0 saturated heterocycles. The standard InChI is InChI=1S/C15H20F2N2O/c1-15(2)8-4-7-12(15)18-9-13(20)19-14-10(16)5-3-6-11(14)17/h3,5-6,12,18H,4,7-9H2,1-2H3,(H,19,20). The van der Waals surface area contributed by atoms with E-state index in [9.17, 15) is 13.6 Å². The van der Waals surface area contributed by atoms with Gasteiger partial charge in [0.1, 0.15) is 17.3 Å². The summed E-state index contributed by atoms with van der Waals surface area (Å²) in [5, 5.41) is 5.45. The molecule has 2 N–H and O–H groups in total. The highest BCUT2D eigenvalue weighted by atomic mass is 19.1. The number of carbonyl (C=O) groups excluding carboxylic acids is 1. The van der Waals surface area contributed by atoms with Crippen LogP contribution in [0, 0.1) is 17.0 Å². The molecule has 0 aliphatic heterocycles. The molecule has 1 aliphatic rings. The van der Waals surface area contributed by atoms with Gasteiger partial charge in [0.2, 0.25) is 5.91 Å². The SMILES string of the molecule is CC1(C)CCCC1NCC(=O)Nc1c(F)cccc1F. The minimum absolute atomic E-state index is 0.0574. The van der Waals surface area contributed by atoms with E-state index in [1.165, 1.54) is 6.07 Å². The number of benzene rings is 1. The second-order valence-corrected chi connectivity index (χ2v) is 5.96. The molecule has 0 heterocycles. The van der Waals surface area contributed by atoms with Crippen LogP contribution in [0.5, 0.6) is 0 Å². The summed E-state index contributed by atoms with van der Waals surface area (Å²) in [5.41, 5.74) is -0.228. The lowest BCUT2D eigenvalue weighted by atomic mass is 9.87. The summed E-state index contributed by atoms with van der Waals surface area (Å²) in [6.07, 6.45) is 3.27. The first-order chi connectivity index (χ1) is 9.40. The normalized spacial score (nSPS) is 20.9. The van der Waals surface area contributed by atoms with Gasteiger partial charge in [0.15, 0.2) is 0 Å². The van der Waals surface area contributed by atoms with Crippen molar-refractivity contribution < 1.29 is 13.6 Å². The average Bonchev–Trinajstić information content (AvgIpc) is 2.71. The van der Waals surface area contributed by atoms with Crippen LogP contribution in [0.4, 0.5) is 14.5 Å². The Morgan fingerprint density at radius 1 is 1.35 bits per heavy atom. The van der Waals surface area contributed by atoms with Crippen molar-refractivity contribution in [3.63, 3.8) is 0 Å². The molecule has 110 valence electrons. The minimum Gasteiger partial charge on any atom is -0.320 e. The molecule has 0 aromatic heterocycles. The van der Waals surface area contributed by atoms with E-state index in [-0.39, 0.29) is 23.7 Å². The Kier molecular flexibility index (Phi) is 4.38. The molecule has 1 fully saturated rings. The molecular formula is C15H20F2N2O. The van der Waals surface area contributed by atoms with Crippen molar-refractivity contribution in [3.8, 4) is 0 Å². The van der Waals surface area contributed by atoms with E-state index in [0.717, 1.165) is 31.4 Å². The van der Waals surface area contributed by atoms with E-state index < -0.39 is 17.5 Å². The summed E-state index contributed by atoms with van der Waals surface area (Å²) >= 11 is 0. The number of halogens is 2. The second kappa shape index (κ2) is 5.87. The molecule has 1 unspecified atom stereocenters. The Morgan fingerprint density at radius 3 is 2.55 bits per heavy atom. The van der Waals surface area contributed by atoms with Crippen LogP contribution in [0.15, 0.2) is 18.2 Å². The molecular weight excluding hydrogens is 262 g/mol. The Bertz CT molecular complexity index is 482. The van der Waals surface area contributed by atoms with Gasteiger partial charge in [-0.3, -0.25) is 4.79 Å². The molecule has 20 heavy (non-hydrogen) atoms. The molecule has 1 saturated carbocycles. The van der Waals surface area contributed by atoms with Gasteiger partial charge in [-0.1, -0.05) is 26.3 Å². The fourth-order valence-electron chi connectivity index (χ4n) is 2.72. The summed E-state index contributed by atoms with van der Waals surface area (Å²) < 4.78 is 26.8. The highest BCUT2D eigenvalue weighted by Gasteiger charge is 2.34. The van der Waals surface area contributed by atoms with Crippen molar-refractivity contribution in [1.82, 2.24) is 5.32 Å². The van der Waals surface area contributed by atoms with Crippen molar-refractivity contribution in [1.29, 1.82) is 0 Å². The maximum absolute atomic E-state index is 13.4. The average molecular weight is 282 g/mol. The van der Waals surface area contributed by atoms with Gasteiger partial charge in [-0.15, -0.1) is 0 Å². The van der Waals surface area contributed by atoms with E-state index in [2.05, 4.69) is 24.5 Å². The smallest absolute Gasteiger partial charge is 0.238 e. The topological polar surface area (TPSA) is 41.1 Å². The summed E-state index contributed by atoms with van der Waals surface area (Å²) in [6, 6.07) is 3.76. The summed E-state index contributed by atoms with van der Waals surface area (Å²) in [4.78, 5) is 11.8. The lowest BCUT2D eigenvalue weighted by molar-refractivity contribution is -0.115. The monoisotopic (exact) mass is 282 g/mol. The zero-order chi connectivity index (χ0) is 14.8. The second-order valence-electron chi connectivity index (χ2n) is 5.96. The highest BCUT2D eigenvalue weighted by molar-refractivity contribution is 5.92. The Morgan fingerprint density at radius 2 is 2.00 bits per heavy atom. The largest absolute Gasteiger partial charge is 0.320 e. The first kappa shape index (κ1) is 14.9. The van der Waals surface area contributed by atoms with Crippen LogP contribution in [-0.4, -0.2) is 18.5 Å². The number of amides is 1. The molecule has 1 aliphatic carbocycles. The van der Waals surface area contributed by atoms with Gasteiger partial charge >= 0.3 is 0 Å². The fourth-order valence-corrected chi connectivity index (χ4v) is 2.72. The van der Waals surface area contributed by atoms with Crippen LogP contribution >= 0.6 is 0 Å². The maximum Gasteiger partial charge on any atom is 0.238 e. The van der Waals surface area contributed by atoms with E-state index >= 15 is 0 Å². The van der Waals surface area contributed by atoms with E-state index in [1.54, 1.807) is 0 Å². The number of nitrogens with one attached hydrogen (secondary N) is 2. The summed E-state index contributed by atoms with van der Waals surface area (Å²) in [6.45, 7) is 4.38. The van der Waals surface area contributed by atoms with Gasteiger partial charge in [0.05, 0.1) is 6.54 Å². The van der Waals surface area contributed by atoms with Crippen molar-refractivity contribution in [2.75, 3.05) is 11.9 Å². The third-order valence-electron chi connectivity index (χ3n) is 3.99. The first-order valence-electron chi connectivity index (χ1n) is 6.87. The summed E-state index contributed by atoms with van der Waals surface area (Å²) in [7, 11) is 0. The first-order valence-corrected chi connectivity index (χ1v) is 6.87. The zero-order valence-corrected chi connectivity index (χ0v) is 11.8. The van der Waals surface area contributed by atoms with Crippen molar-refractivity contribution in [2.45, 2.75) is 39.2 Å². The van der Waals surface area contributed by atoms with Gasteiger partial charge in [0, 0.05) is 6.04 Å². The van der Waals surface area contributed by atoms with Crippen LogP contribution in [0.25, 0.3) is 0 Å². The van der Waals surface area contributed by atoms with Gasteiger partial charge in [-0.05, 0) is 30.4 Å². The minimum atomic E-state index is -0.764. The number of hydrogen-bond acceptors (Lipinski definition) is 2. The Labute approximate surface area is 117 Å². The van der Waals surface area contributed by atoms with Crippen molar-refractivity contribution in [3.05, 3.63) is 29.8 Å². The van der Waals surface area contributed by atoms with Crippen LogP contribution in [0.3, 0.4) is 0 Å². The van der Waals surface area contributed by atoms with Crippen molar-refractivity contribution >= 4 is 11.6 Å². The molecule has 3 nitrogen and oxygen atoms in total. The van der Waals surface area contributed by atoms with Crippen LogP contribution in [0.2, 0.25) is 0 Å². The quantitative estimate of drug-likeness (QED) is 0.891. The zero-order valence-electron chi connectivity index (χ0n) is 11.8. The van der Waals surface area contributed by atoms with E-state index in [0.29, 0.717) is 0 Å². The number of para-hydroxylation sites is 1. The maximum atomic E-state index is 13.4. The third-order valence-corrected chi connectivity index (χ3v) is 3.99. The highest BCUT2D eigenvalue weighted by Crippen LogP contribution is 2.36. The molecule has 1 aromatic rings. The molecule has 1 amide bonds. The van der Waals surface area contributed by atoms with Gasteiger partial charge in [0.25, 0.3) is 0 Å². The molecule has 0 bridgehead atoms.